The van der Waals surface area contributed by atoms with Crippen LogP contribution >= 0.6 is 11.6 Å². The summed E-state index contributed by atoms with van der Waals surface area (Å²) < 4.78 is 25.8. The smallest absolute Gasteiger partial charge is 0.232 e. The fraction of sp³-hybridized carbons (Fsp3) is 0.417. The fourth-order valence-electron chi connectivity index (χ4n) is 1.42. The highest BCUT2D eigenvalue weighted by Gasteiger charge is 2.12. The van der Waals surface area contributed by atoms with Gasteiger partial charge in [0, 0.05) is 12.1 Å². The van der Waals surface area contributed by atoms with E-state index < -0.39 is 10.0 Å². The lowest BCUT2D eigenvalue weighted by atomic mass is 10.2. The second-order valence-corrected chi connectivity index (χ2v) is 6.27. The van der Waals surface area contributed by atoms with Crippen LogP contribution in [0.25, 0.3) is 0 Å². The van der Waals surface area contributed by atoms with Crippen molar-refractivity contribution >= 4 is 38.9 Å². The average Bonchev–Trinajstić information content (AvgIpc) is 2.32. The molecule has 0 saturated carbocycles. The highest BCUT2D eigenvalue weighted by atomic mass is 35.5. The Kier molecular flexibility index (Phi) is 5.62. The molecule has 0 radical (unpaired) electrons. The van der Waals surface area contributed by atoms with Gasteiger partial charge in [0.15, 0.2) is 0 Å². The number of hydrogen-bond donors (Lipinski definition) is 2. The first kappa shape index (κ1) is 15.8. The van der Waals surface area contributed by atoms with Gasteiger partial charge in [-0.3, -0.25) is 9.52 Å². The van der Waals surface area contributed by atoms with Crippen molar-refractivity contribution in [3.8, 4) is 0 Å². The SMILES string of the molecule is CCCS(=O)(=O)Nc1cc(NC(=O)CC)ccc1Cl. The Morgan fingerprint density at radius 3 is 2.58 bits per heavy atom. The molecule has 0 aliphatic carbocycles. The molecule has 0 bridgehead atoms. The lowest BCUT2D eigenvalue weighted by Crippen LogP contribution is -2.17. The van der Waals surface area contributed by atoms with Gasteiger partial charge in [-0.2, -0.15) is 0 Å². The molecule has 1 rings (SSSR count). The van der Waals surface area contributed by atoms with Crippen molar-refractivity contribution in [2.75, 3.05) is 15.8 Å². The molecule has 0 aliphatic heterocycles. The van der Waals surface area contributed by atoms with Gasteiger partial charge in [0.05, 0.1) is 16.5 Å². The molecule has 0 spiro atoms. The number of carbonyl (C=O) groups excluding carboxylic acids is 1. The molecule has 0 heterocycles. The van der Waals surface area contributed by atoms with Crippen molar-refractivity contribution < 1.29 is 13.2 Å². The van der Waals surface area contributed by atoms with Gasteiger partial charge in [-0.25, -0.2) is 8.42 Å². The van der Waals surface area contributed by atoms with Crippen LogP contribution in [-0.2, 0) is 14.8 Å². The molecule has 19 heavy (non-hydrogen) atoms. The molecule has 106 valence electrons. The molecule has 1 aromatic rings. The number of amides is 1. The second kappa shape index (κ2) is 6.77. The number of benzene rings is 1. The lowest BCUT2D eigenvalue weighted by molar-refractivity contribution is -0.115. The predicted molar refractivity (Wildman–Crippen MR) is 78.1 cm³/mol. The van der Waals surface area contributed by atoms with Gasteiger partial charge in [-0.05, 0) is 24.6 Å². The van der Waals surface area contributed by atoms with Crippen LogP contribution in [0.4, 0.5) is 11.4 Å². The van der Waals surface area contributed by atoms with E-state index in [1.807, 2.05) is 0 Å². The molecular weight excluding hydrogens is 288 g/mol. The summed E-state index contributed by atoms with van der Waals surface area (Å²) >= 11 is 5.93. The summed E-state index contributed by atoms with van der Waals surface area (Å²) in [6.45, 7) is 3.51. The maximum Gasteiger partial charge on any atom is 0.232 e. The molecule has 0 saturated heterocycles. The number of hydrogen-bond acceptors (Lipinski definition) is 3. The Bertz CT molecular complexity index is 558. The van der Waals surface area contributed by atoms with Crippen molar-refractivity contribution in [1.29, 1.82) is 0 Å². The molecule has 1 aromatic carbocycles. The zero-order valence-corrected chi connectivity index (χ0v) is 12.4. The van der Waals surface area contributed by atoms with Gasteiger partial charge in [0.25, 0.3) is 0 Å². The highest BCUT2D eigenvalue weighted by molar-refractivity contribution is 7.92. The standard InChI is InChI=1S/C12H17ClN2O3S/c1-3-7-19(17,18)15-11-8-9(5-6-10(11)13)14-12(16)4-2/h5-6,8,15H,3-4,7H2,1-2H3,(H,14,16). The first-order chi connectivity index (χ1) is 8.88. The van der Waals surface area contributed by atoms with Crippen molar-refractivity contribution in [3.63, 3.8) is 0 Å². The van der Waals surface area contributed by atoms with E-state index in [2.05, 4.69) is 10.0 Å². The van der Waals surface area contributed by atoms with Crippen molar-refractivity contribution in [1.82, 2.24) is 0 Å². The van der Waals surface area contributed by atoms with Crippen LogP contribution in [0.2, 0.25) is 5.02 Å². The van der Waals surface area contributed by atoms with Crippen LogP contribution in [-0.4, -0.2) is 20.1 Å². The highest BCUT2D eigenvalue weighted by Crippen LogP contribution is 2.26. The lowest BCUT2D eigenvalue weighted by Gasteiger charge is -2.11. The summed E-state index contributed by atoms with van der Waals surface area (Å²) in [5.74, 6) is -0.126. The van der Waals surface area contributed by atoms with E-state index in [4.69, 9.17) is 11.6 Å². The van der Waals surface area contributed by atoms with Gasteiger partial charge in [-0.1, -0.05) is 25.4 Å². The van der Waals surface area contributed by atoms with Crippen LogP contribution in [0.15, 0.2) is 18.2 Å². The van der Waals surface area contributed by atoms with E-state index in [9.17, 15) is 13.2 Å². The van der Waals surface area contributed by atoms with Gasteiger partial charge in [0.2, 0.25) is 15.9 Å². The van der Waals surface area contributed by atoms with Crippen LogP contribution in [0.5, 0.6) is 0 Å². The number of sulfonamides is 1. The van der Waals surface area contributed by atoms with Crippen LogP contribution in [0.3, 0.4) is 0 Å². The summed E-state index contributed by atoms with van der Waals surface area (Å²) in [5, 5.41) is 2.93. The Labute approximate surface area is 118 Å². The van der Waals surface area contributed by atoms with E-state index in [1.54, 1.807) is 19.9 Å². The van der Waals surface area contributed by atoms with Crippen LogP contribution < -0.4 is 10.0 Å². The predicted octanol–water partition coefficient (Wildman–Crippen LogP) is 2.84. The Balaban J connectivity index is 2.95. The Morgan fingerprint density at radius 2 is 2.00 bits per heavy atom. The molecule has 0 unspecified atom stereocenters. The Hall–Kier alpha value is -1.27. The van der Waals surface area contributed by atoms with Gasteiger partial charge >= 0.3 is 0 Å². The first-order valence-electron chi connectivity index (χ1n) is 5.98. The van der Waals surface area contributed by atoms with Crippen molar-refractivity contribution in [3.05, 3.63) is 23.2 Å². The van der Waals surface area contributed by atoms with Gasteiger partial charge in [-0.15, -0.1) is 0 Å². The largest absolute Gasteiger partial charge is 0.326 e. The van der Waals surface area contributed by atoms with Crippen molar-refractivity contribution in [2.45, 2.75) is 26.7 Å². The topological polar surface area (TPSA) is 75.3 Å². The van der Waals surface area contributed by atoms with E-state index in [0.29, 0.717) is 18.5 Å². The minimum atomic E-state index is -3.41. The minimum absolute atomic E-state index is 0.0227. The zero-order chi connectivity index (χ0) is 14.5. The summed E-state index contributed by atoms with van der Waals surface area (Å²) in [7, 11) is -3.41. The average molecular weight is 305 g/mol. The molecule has 0 aromatic heterocycles. The third kappa shape index (κ3) is 5.08. The molecule has 1 amide bonds. The number of anilines is 2. The van der Waals surface area contributed by atoms with E-state index >= 15 is 0 Å². The van der Waals surface area contributed by atoms with Crippen LogP contribution in [0.1, 0.15) is 26.7 Å². The fourth-order valence-corrected chi connectivity index (χ4v) is 2.78. The summed E-state index contributed by atoms with van der Waals surface area (Å²) in [5.41, 5.74) is 0.773. The monoisotopic (exact) mass is 304 g/mol. The molecule has 2 N–H and O–H groups in total. The van der Waals surface area contributed by atoms with Gasteiger partial charge < -0.3 is 5.32 Å². The quantitative estimate of drug-likeness (QED) is 0.848. The molecule has 5 nitrogen and oxygen atoms in total. The maximum atomic E-state index is 11.7. The third-order valence-corrected chi connectivity index (χ3v) is 4.12. The third-order valence-electron chi connectivity index (χ3n) is 2.31. The number of halogens is 1. The number of carbonyl (C=O) groups is 1. The summed E-state index contributed by atoms with van der Waals surface area (Å²) in [6, 6.07) is 4.66. The molecular formula is C12H17ClN2O3S. The number of rotatable bonds is 6. The molecule has 0 fully saturated rings. The van der Waals surface area contributed by atoms with E-state index in [1.165, 1.54) is 12.1 Å². The molecule has 7 heteroatoms. The first-order valence-corrected chi connectivity index (χ1v) is 8.01. The van der Waals surface area contributed by atoms with E-state index in [-0.39, 0.29) is 22.4 Å². The minimum Gasteiger partial charge on any atom is -0.326 e. The summed E-state index contributed by atoms with van der Waals surface area (Å²) in [6.07, 6.45) is 0.860. The number of nitrogens with one attached hydrogen (secondary N) is 2. The molecule has 0 aliphatic rings. The van der Waals surface area contributed by atoms with E-state index in [0.717, 1.165) is 0 Å². The Morgan fingerprint density at radius 1 is 1.32 bits per heavy atom. The normalized spacial score (nSPS) is 11.1. The van der Waals surface area contributed by atoms with Crippen LogP contribution in [0, 0.1) is 0 Å². The maximum absolute atomic E-state index is 11.7. The second-order valence-electron chi connectivity index (χ2n) is 4.02. The van der Waals surface area contributed by atoms with Crippen molar-refractivity contribution in [2.24, 2.45) is 0 Å². The zero-order valence-electron chi connectivity index (χ0n) is 10.9. The van der Waals surface area contributed by atoms with Gasteiger partial charge in [0.1, 0.15) is 0 Å². The summed E-state index contributed by atoms with van der Waals surface area (Å²) in [4.78, 5) is 11.3. The molecule has 0 atom stereocenters.